The van der Waals surface area contributed by atoms with Crippen LogP contribution in [0.25, 0.3) is 0 Å². The van der Waals surface area contributed by atoms with Crippen LogP contribution < -0.4 is 5.73 Å². The third kappa shape index (κ3) is 1.77. The number of nitrogens with two attached hydrogens (primary N) is 1. The van der Waals surface area contributed by atoms with Gasteiger partial charge in [-0.1, -0.05) is 6.42 Å². The third-order valence-electron chi connectivity index (χ3n) is 2.82. The van der Waals surface area contributed by atoms with E-state index in [1.54, 1.807) is 0 Å². The van der Waals surface area contributed by atoms with Crippen molar-refractivity contribution in [3.63, 3.8) is 0 Å². The van der Waals surface area contributed by atoms with Crippen LogP contribution in [0.4, 0.5) is 0 Å². The van der Waals surface area contributed by atoms with Gasteiger partial charge in [0.2, 0.25) is 0 Å². The van der Waals surface area contributed by atoms with Crippen molar-refractivity contribution in [1.29, 1.82) is 0 Å². The lowest BCUT2D eigenvalue weighted by atomic mass is 10.1. The molecule has 0 amide bonds. The molecule has 1 heterocycles. The van der Waals surface area contributed by atoms with Crippen LogP contribution in [-0.2, 0) is 19.4 Å². The topological polar surface area (TPSA) is 51.8 Å². The SMILES string of the molecule is Cc1nc(CN)c2c(n1)CCCCC2. The van der Waals surface area contributed by atoms with Crippen LogP contribution in [0.5, 0.6) is 0 Å². The summed E-state index contributed by atoms with van der Waals surface area (Å²) in [7, 11) is 0. The van der Waals surface area contributed by atoms with Gasteiger partial charge in [0.15, 0.2) is 0 Å². The van der Waals surface area contributed by atoms with Crippen molar-refractivity contribution < 1.29 is 0 Å². The zero-order valence-corrected chi connectivity index (χ0v) is 8.71. The molecule has 2 N–H and O–H groups in total. The molecule has 3 heteroatoms. The van der Waals surface area contributed by atoms with Crippen molar-refractivity contribution in [2.45, 2.75) is 45.6 Å². The summed E-state index contributed by atoms with van der Waals surface area (Å²) in [6, 6.07) is 0. The van der Waals surface area contributed by atoms with Crippen LogP contribution in [-0.4, -0.2) is 9.97 Å². The first kappa shape index (κ1) is 9.59. The highest BCUT2D eigenvalue weighted by atomic mass is 14.9. The Morgan fingerprint density at radius 1 is 1.14 bits per heavy atom. The van der Waals surface area contributed by atoms with E-state index < -0.39 is 0 Å². The van der Waals surface area contributed by atoms with Gasteiger partial charge in [-0.25, -0.2) is 9.97 Å². The molecule has 0 saturated carbocycles. The minimum atomic E-state index is 0.547. The van der Waals surface area contributed by atoms with E-state index in [4.69, 9.17) is 5.73 Å². The highest BCUT2D eigenvalue weighted by Crippen LogP contribution is 2.21. The Morgan fingerprint density at radius 2 is 1.93 bits per heavy atom. The normalized spacial score (nSPS) is 16.1. The summed E-state index contributed by atoms with van der Waals surface area (Å²) in [6.45, 7) is 2.50. The number of fused-ring (bicyclic) bond motifs is 1. The lowest BCUT2D eigenvalue weighted by Gasteiger charge is -2.10. The average molecular weight is 191 g/mol. The second-order valence-corrected chi connectivity index (χ2v) is 3.91. The fourth-order valence-corrected chi connectivity index (χ4v) is 2.15. The molecule has 0 bridgehead atoms. The van der Waals surface area contributed by atoms with Crippen molar-refractivity contribution in [1.82, 2.24) is 9.97 Å². The number of aryl methyl sites for hydroxylation is 2. The van der Waals surface area contributed by atoms with Gasteiger partial charge in [-0.15, -0.1) is 0 Å². The first-order valence-electron chi connectivity index (χ1n) is 5.36. The molecule has 0 radical (unpaired) electrons. The second kappa shape index (κ2) is 4.05. The zero-order chi connectivity index (χ0) is 9.97. The van der Waals surface area contributed by atoms with Gasteiger partial charge in [0.05, 0.1) is 5.69 Å². The molecule has 0 atom stereocenters. The van der Waals surface area contributed by atoms with Crippen molar-refractivity contribution in [2.75, 3.05) is 0 Å². The summed E-state index contributed by atoms with van der Waals surface area (Å²) in [4.78, 5) is 8.93. The van der Waals surface area contributed by atoms with Crippen molar-refractivity contribution >= 4 is 0 Å². The molecule has 1 aromatic heterocycles. The van der Waals surface area contributed by atoms with E-state index in [1.807, 2.05) is 6.92 Å². The molecule has 1 aliphatic carbocycles. The molecule has 0 aliphatic heterocycles. The molecule has 14 heavy (non-hydrogen) atoms. The largest absolute Gasteiger partial charge is 0.325 e. The molecule has 3 nitrogen and oxygen atoms in total. The summed E-state index contributed by atoms with van der Waals surface area (Å²) >= 11 is 0. The monoisotopic (exact) mass is 191 g/mol. The first-order chi connectivity index (χ1) is 6.81. The molecule has 0 unspecified atom stereocenters. The van der Waals surface area contributed by atoms with Gasteiger partial charge in [0.25, 0.3) is 0 Å². The van der Waals surface area contributed by atoms with E-state index in [2.05, 4.69) is 9.97 Å². The Hall–Kier alpha value is -0.960. The van der Waals surface area contributed by atoms with E-state index >= 15 is 0 Å². The van der Waals surface area contributed by atoms with Crippen molar-refractivity contribution in [2.24, 2.45) is 5.73 Å². The highest BCUT2D eigenvalue weighted by Gasteiger charge is 2.14. The van der Waals surface area contributed by atoms with E-state index in [0.717, 1.165) is 24.4 Å². The van der Waals surface area contributed by atoms with Crippen LogP contribution in [0.3, 0.4) is 0 Å². The Morgan fingerprint density at radius 3 is 2.71 bits per heavy atom. The van der Waals surface area contributed by atoms with Gasteiger partial charge >= 0.3 is 0 Å². The number of nitrogens with zero attached hydrogens (tertiary/aromatic N) is 2. The Balaban J connectivity index is 2.46. The standard InChI is InChI=1S/C11H17N3/c1-8-13-10-6-4-2-3-5-9(10)11(7-12)14-8/h2-7,12H2,1H3. The first-order valence-corrected chi connectivity index (χ1v) is 5.36. The molecular formula is C11H17N3. The second-order valence-electron chi connectivity index (χ2n) is 3.91. The summed E-state index contributed by atoms with van der Waals surface area (Å²) < 4.78 is 0. The van der Waals surface area contributed by atoms with Gasteiger partial charge in [0, 0.05) is 12.2 Å². The fourth-order valence-electron chi connectivity index (χ4n) is 2.15. The third-order valence-corrected chi connectivity index (χ3v) is 2.82. The van der Waals surface area contributed by atoms with Gasteiger partial charge < -0.3 is 5.73 Å². The minimum absolute atomic E-state index is 0.547. The number of hydrogen-bond acceptors (Lipinski definition) is 3. The lowest BCUT2D eigenvalue weighted by Crippen LogP contribution is -2.10. The minimum Gasteiger partial charge on any atom is -0.325 e. The van der Waals surface area contributed by atoms with E-state index in [0.29, 0.717) is 6.54 Å². The van der Waals surface area contributed by atoms with Gasteiger partial charge in [-0.2, -0.15) is 0 Å². The van der Waals surface area contributed by atoms with E-state index in [9.17, 15) is 0 Å². The Kier molecular flexibility index (Phi) is 2.77. The quantitative estimate of drug-likeness (QED) is 0.685. The van der Waals surface area contributed by atoms with Gasteiger partial charge in [-0.05, 0) is 38.2 Å². The van der Waals surface area contributed by atoms with Crippen LogP contribution in [0.2, 0.25) is 0 Å². The molecule has 0 spiro atoms. The smallest absolute Gasteiger partial charge is 0.125 e. The Bertz CT molecular complexity index is 334. The van der Waals surface area contributed by atoms with Crippen LogP contribution in [0.1, 0.15) is 42.0 Å². The van der Waals surface area contributed by atoms with Crippen LogP contribution >= 0.6 is 0 Å². The predicted octanol–water partition coefficient (Wildman–Crippen LogP) is 1.51. The van der Waals surface area contributed by atoms with Crippen LogP contribution in [0.15, 0.2) is 0 Å². The van der Waals surface area contributed by atoms with Crippen molar-refractivity contribution in [3.8, 4) is 0 Å². The number of aromatic nitrogens is 2. The summed E-state index contributed by atoms with van der Waals surface area (Å²) in [5, 5.41) is 0. The van der Waals surface area contributed by atoms with Crippen LogP contribution in [0, 0.1) is 6.92 Å². The van der Waals surface area contributed by atoms with Crippen molar-refractivity contribution in [3.05, 3.63) is 22.8 Å². The van der Waals surface area contributed by atoms with E-state index in [1.165, 1.54) is 30.5 Å². The maximum absolute atomic E-state index is 5.70. The molecular weight excluding hydrogens is 174 g/mol. The Labute approximate surface area is 84.8 Å². The average Bonchev–Trinajstić information content (AvgIpc) is 2.41. The highest BCUT2D eigenvalue weighted by molar-refractivity contribution is 5.27. The van der Waals surface area contributed by atoms with E-state index in [-0.39, 0.29) is 0 Å². The number of rotatable bonds is 1. The predicted molar refractivity (Wildman–Crippen MR) is 55.9 cm³/mol. The van der Waals surface area contributed by atoms with Gasteiger partial charge in [0.1, 0.15) is 5.82 Å². The molecule has 1 aromatic rings. The molecule has 0 fully saturated rings. The summed E-state index contributed by atoms with van der Waals surface area (Å²) in [5.41, 5.74) is 9.34. The summed E-state index contributed by atoms with van der Waals surface area (Å²) in [5.74, 6) is 0.867. The molecule has 0 aromatic carbocycles. The summed E-state index contributed by atoms with van der Waals surface area (Å²) in [6.07, 6.45) is 6.03. The zero-order valence-electron chi connectivity index (χ0n) is 8.71. The lowest BCUT2D eigenvalue weighted by molar-refractivity contribution is 0.707. The fraction of sp³-hybridized carbons (Fsp3) is 0.636. The molecule has 1 aliphatic rings. The number of hydrogen-bond donors (Lipinski definition) is 1. The maximum atomic E-state index is 5.70. The molecule has 0 saturated heterocycles. The molecule has 76 valence electrons. The maximum Gasteiger partial charge on any atom is 0.125 e. The molecule has 2 rings (SSSR count). The van der Waals surface area contributed by atoms with Gasteiger partial charge in [-0.3, -0.25) is 0 Å².